The molecule has 0 aliphatic heterocycles. The van der Waals surface area contributed by atoms with Gasteiger partial charge in [0, 0.05) is 30.3 Å². The number of phenols is 1. The third-order valence-corrected chi connectivity index (χ3v) is 11.0. The number of nitrogens with two attached hydrogens (primary N) is 1. The van der Waals surface area contributed by atoms with Gasteiger partial charge in [-0.3, -0.25) is 4.79 Å². The van der Waals surface area contributed by atoms with Crippen LogP contribution in [-0.4, -0.2) is 40.1 Å². The van der Waals surface area contributed by atoms with Gasteiger partial charge in [0.2, 0.25) is 0 Å². The van der Waals surface area contributed by atoms with Gasteiger partial charge in [-0.25, -0.2) is 4.98 Å². The van der Waals surface area contributed by atoms with Crippen molar-refractivity contribution in [3.63, 3.8) is 0 Å². The molecule has 168 valence electrons. The lowest BCUT2D eigenvalue weighted by atomic mass is 10.0. The van der Waals surface area contributed by atoms with Gasteiger partial charge >= 0.3 is 0 Å². The Balaban J connectivity index is 1.84. The van der Waals surface area contributed by atoms with Gasteiger partial charge in [-0.15, -0.1) is 0 Å². The van der Waals surface area contributed by atoms with Crippen LogP contribution in [0, 0.1) is 0 Å². The van der Waals surface area contributed by atoms with Gasteiger partial charge in [0.25, 0.3) is 5.91 Å². The number of amides is 1. The molecule has 8 heteroatoms. The summed E-state index contributed by atoms with van der Waals surface area (Å²) in [6, 6.07) is 5.47. The zero-order valence-corrected chi connectivity index (χ0v) is 20.3. The van der Waals surface area contributed by atoms with Crippen molar-refractivity contribution in [2.45, 2.75) is 57.8 Å². The highest BCUT2D eigenvalue weighted by Gasteiger charge is 2.37. The van der Waals surface area contributed by atoms with Crippen molar-refractivity contribution in [1.29, 1.82) is 0 Å². The number of phenolic OH excluding ortho intramolecular Hbond substituents is 1. The van der Waals surface area contributed by atoms with E-state index in [1.54, 1.807) is 18.6 Å². The number of hydrogen-bond donors (Lipinski definition) is 2. The Hall–Kier alpha value is -2.58. The largest absolute Gasteiger partial charge is 0.508 e. The molecule has 0 bridgehead atoms. The number of aromatic hydroxyl groups is 1. The van der Waals surface area contributed by atoms with E-state index in [9.17, 15) is 9.90 Å². The summed E-state index contributed by atoms with van der Waals surface area (Å²) in [6.45, 7) is 11.7. The van der Waals surface area contributed by atoms with E-state index in [1.165, 1.54) is 5.56 Å². The van der Waals surface area contributed by atoms with Crippen LogP contribution >= 0.6 is 0 Å². The van der Waals surface area contributed by atoms with E-state index >= 15 is 0 Å². The standard InChI is InChI=1S/C23H34N4O3Si/c1-23(2,3)31(5,6)30-14-17(27-13-20(22(24)29)25-15-27)8-7-16-12-26(4)21-10-9-18(28)11-19(16)21/h9-13,15,17,28H,7-8,14H2,1-6H3,(H2,24,29)/t17-/m1/s1. The van der Waals surface area contributed by atoms with E-state index in [2.05, 4.69) is 49.6 Å². The van der Waals surface area contributed by atoms with Crippen molar-refractivity contribution in [1.82, 2.24) is 14.1 Å². The minimum Gasteiger partial charge on any atom is -0.508 e. The van der Waals surface area contributed by atoms with Crippen molar-refractivity contribution in [2.24, 2.45) is 12.8 Å². The van der Waals surface area contributed by atoms with E-state index in [1.807, 2.05) is 23.7 Å². The van der Waals surface area contributed by atoms with Crippen LogP contribution in [0.5, 0.6) is 5.75 Å². The molecule has 3 aromatic rings. The van der Waals surface area contributed by atoms with Crippen LogP contribution in [0.4, 0.5) is 0 Å². The maximum atomic E-state index is 11.5. The molecule has 0 fully saturated rings. The lowest BCUT2D eigenvalue weighted by molar-refractivity contribution is 0.0995. The first-order chi connectivity index (χ1) is 14.4. The van der Waals surface area contributed by atoms with Gasteiger partial charge in [0.1, 0.15) is 11.4 Å². The molecule has 7 nitrogen and oxygen atoms in total. The van der Waals surface area contributed by atoms with E-state index in [-0.39, 0.29) is 22.5 Å². The van der Waals surface area contributed by atoms with E-state index in [0.29, 0.717) is 6.61 Å². The summed E-state index contributed by atoms with van der Waals surface area (Å²) in [5, 5.41) is 11.1. The quantitative estimate of drug-likeness (QED) is 0.506. The minimum absolute atomic E-state index is 0.0160. The molecule has 2 aromatic heterocycles. The average molecular weight is 443 g/mol. The van der Waals surface area contributed by atoms with Crippen LogP contribution in [-0.2, 0) is 17.9 Å². The Morgan fingerprint density at radius 3 is 2.61 bits per heavy atom. The molecule has 3 N–H and O–H groups in total. The molecule has 0 saturated heterocycles. The first kappa shape index (κ1) is 23.1. The Bertz CT molecular complexity index is 1080. The molecular formula is C23H34N4O3Si. The van der Waals surface area contributed by atoms with Gasteiger partial charge in [0.15, 0.2) is 8.32 Å². The summed E-state index contributed by atoms with van der Waals surface area (Å²) < 4.78 is 10.5. The van der Waals surface area contributed by atoms with E-state index in [0.717, 1.165) is 23.7 Å². The molecule has 2 heterocycles. The maximum absolute atomic E-state index is 11.5. The van der Waals surface area contributed by atoms with Crippen molar-refractivity contribution >= 4 is 25.1 Å². The van der Waals surface area contributed by atoms with Crippen LogP contribution in [0.2, 0.25) is 18.1 Å². The summed E-state index contributed by atoms with van der Waals surface area (Å²) in [7, 11) is 0.0764. The number of fused-ring (bicyclic) bond motifs is 1. The first-order valence-electron chi connectivity index (χ1n) is 10.6. The van der Waals surface area contributed by atoms with Gasteiger partial charge in [-0.05, 0) is 54.7 Å². The first-order valence-corrected chi connectivity index (χ1v) is 13.5. The van der Waals surface area contributed by atoms with E-state index < -0.39 is 14.2 Å². The van der Waals surface area contributed by atoms with Crippen LogP contribution in [0.15, 0.2) is 36.9 Å². The van der Waals surface area contributed by atoms with Crippen LogP contribution in [0.25, 0.3) is 10.9 Å². The number of nitrogens with zero attached hydrogens (tertiary/aromatic N) is 3. The van der Waals surface area contributed by atoms with Crippen molar-refractivity contribution in [3.05, 3.63) is 48.2 Å². The molecule has 0 aliphatic carbocycles. The molecule has 1 aromatic carbocycles. The van der Waals surface area contributed by atoms with Crippen LogP contribution in [0.3, 0.4) is 0 Å². The number of carbonyl (C=O) groups is 1. The third-order valence-electron chi connectivity index (χ3n) is 6.52. The van der Waals surface area contributed by atoms with Crippen LogP contribution < -0.4 is 5.73 Å². The number of imidazole rings is 1. The second-order valence-corrected chi connectivity index (χ2v) is 14.6. The summed E-state index contributed by atoms with van der Waals surface area (Å²) in [6.07, 6.45) is 7.08. The Kier molecular flexibility index (Phi) is 6.34. The second kappa shape index (κ2) is 8.51. The fraction of sp³-hybridized carbons (Fsp3) is 0.478. The number of hydrogen-bond acceptors (Lipinski definition) is 4. The Morgan fingerprint density at radius 2 is 2.00 bits per heavy atom. The zero-order valence-electron chi connectivity index (χ0n) is 19.3. The van der Waals surface area contributed by atoms with Gasteiger partial charge in [-0.2, -0.15) is 0 Å². The summed E-state index contributed by atoms with van der Waals surface area (Å²) in [5.74, 6) is -0.272. The van der Waals surface area contributed by atoms with Crippen LogP contribution in [0.1, 0.15) is 49.3 Å². The fourth-order valence-electron chi connectivity index (χ4n) is 3.49. The molecular weight excluding hydrogens is 408 g/mol. The molecule has 1 amide bonds. The number of primary amides is 1. The normalized spacial score (nSPS) is 13.6. The average Bonchev–Trinajstić information content (AvgIpc) is 3.26. The SMILES string of the molecule is Cn1cc(CC[C@H](CO[Si](C)(C)C(C)(C)C)n2cnc(C(N)=O)c2)c2cc(O)ccc21. The third kappa shape index (κ3) is 5.02. The number of aromatic nitrogens is 3. The topological polar surface area (TPSA) is 95.3 Å². The number of aryl methyl sites for hydroxylation is 2. The predicted octanol–water partition coefficient (Wildman–Crippen LogP) is 4.38. The Morgan fingerprint density at radius 1 is 1.29 bits per heavy atom. The molecule has 0 radical (unpaired) electrons. The van der Waals surface area contributed by atoms with Crippen molar-refractivity contribution in [3.8, 4) is 5.75 Å². The van der Waals surface area contributed by atoms with Crippen molar-refractivity contribution < 1.29 is 14.3 Å². The molecule has 3 rings (SSSR count). The van der Waals surface area contributed by atoms with Gasteiger partial charge in [0.05, 0.1) is 19.0 Å². The lowest BCUT2D eigenvalue weighted by Gasteiger charge is -2.37. The lowest BCUT2D eigenvalue weighted by Crippen LogP contribution is -2.42. The highest BCUT2D eigenvalue weighted by molar-refractivity contribution is 6.74. The number of carbonyl (C=O) groups excluding carboxylic acids is 1. The summed E-state index contributed by atoms with van der Waals surface area (Å²) in [4.78, 5) is 15.7. The number of rotatable bonds is 8. The monoisotopic (exact) mass is 442 g/mol. The molecule has 1 atom stereocenters. The second-order valence-electron chi connectivity index (χ2n) is 9.80. The fourth-order valence-corrected chi connectivity index (χ4v) is 4.53. The maximum Gasteiger partial charge on any atom is 0.268 e. The molecule has 0 spiro atoms. The highest BCUT2D eigenvalue weighted by atomic mass is 28.4. The minimum atomic E-state index is -1.93. The van der Waals surface area contributed by atoms with E-state index in [4.69, 9.17) is 10.2 Å². The van der Waals surface area contributed by atoms with Gasteiger partial charge < -0.3 is 24.4 Å². The number of benzene rings is 1. The van der Waals surface area contributed by atoms with Crippen molar-refractivity contribution in [2.75, 3.05) is 6.61 Å². The summed E-state index contributed by atoms with van der Waals surface area (Å²) >= 11 is 0. The molecule has 0 unspecified atom stereocenters. The predicted molar refractivity (Wildman–Crippen MR) is 126 cm³/mol. The smallest absolute Gasteiger partial charge is 0.268 e. The molecule has 0 saturated carbocycles. The molecule has 31 heavy (non-hydrogen) atoms. The highest BCUT2D eigenvalue weighted by Crippen LogP contribution is 2.37. The van der Waals surface area contributed by atoms with Gasteiger partial charge in [-0.1, -0.05) is 20.8 Å². The molecule has 0 aliphatic rings. The summed E-state index contributed by atoms with van der Waals surface area (Å²) in [5.41, 5.74) is 7.91. The Labute approximate surface area is 185 Å². The zero-order chi connectivity index (χ0) is 23.0.